The molecule has 0 aliphatic heterocycles. The molecule has 1 atom stereocenters. The van der Waals surface area contributed by atoms with E-state index >= 15 is 0 Å². The number of hydrogen-bond acceptors (Lipinski definition) is 4. The maximum atomic E-state index is 12.1. The molecule has 0 aliphatic rings. The van der Waals surface area contributed by atoms with Gasteiger partial charge in [-0.25, -0.2) is 13.4 Å². The van der Waals surface area contributed by atoms with Crippen LogP contribution in [0.25, 0.3) is 0 Å². The molecular weight excluding hydrogens is 270 g/mol. The van der Waals surface area contributed by atoms with Crippen LogP contribution in [0.2, 0.25) is 0 Å². The highest BCUT2D eigenvalue weighted by atomic mass is 32.2. The van der Waals surface area contributed by atoms with E-state index in [1.54, 1.807) is 18.4 Å². The van der Waals surface area contributed by atoms with Crippen molar-refractivity contribution in [2.75, 3.05) is 0 Å². The van der Waals surface area contributed by atoms with E-state index in [2.05, 4.69) is 9.71 Å². The summed E-state index contributed by atoms with van der Waals surface area (Å²) in [6, 6.07) is 0. The van der Waals surface area contributed by atoms with Crippen LogP contribution < -0.4 is 4.72 Å². The van der Waals surface area contributed by atoms with E-state index in [-0.39, 0.29) is 11.4 Å². The number of sulfonamides is 1. The van der Waals surface area contributed by atoms with Gasteiger partial charge in [0.15, 0.2) is 5.03 Å². The van der Waals surface area contributed by atoms with Crippen LogP contribution in [0, 0.1) is 6.92 Å². The fourth-order valence-electron chi connectivity index (χ4n) is 1.54. The molecule has 0 bridgehead atoms. The van der Waals surface area contributed by atoms with Gasteiger partial charge < -0.3 is 9.67 Å². The number of nitrogens with zero attached hydrogens (tertiary/aromatic N) is 2. The summed E-state index contributed by atoms with van der Waals surface area (Å²) in [5, 5.41) is 8.94. The number of imidazole rings is 1. The van der Waals surface area contributed by atoms with Crippen LogP contribution >= 0.6 is 0 Å². The smallest absolute Gasteiger partial charge is 0.324 e. The highest BCUT2D eigenvalue weighted by Gasteiger charge is 2.37. The van der Waals surface area contributed by atoms with Gasteiger partial charge in [0.05, 0.1) is 0 Å². The van der Waals surface area contributed by atoms with Gasteiger partial charge in [0.25, 0.3) is 10.0 Å². The number of carboxylic acids is 1. The molecular formula is C11H19N3O4S. The molecule has 1 aromatic heterocycles. The Morgan fingerprint density at radius 2 is 2.11 bits per heavy atom. The Balaban J connectivity index is 3.14. The van der Waals surface area contributed by atoms with Crippen molar-refractivity contribution in [1.29, 1.82) is 0 Å². The Labute approximate surface area is 112 Å². The van der Waals surface area contributed by atoms with Crippen LogP contribution in [0.3, 0.4) is 0 Å². The van der Waals surface area contributed by atoms with Gasteiger partial charge in [0, 0.05) is 12.7 Å². The van der Waals surface area contributed by atoms with Crippen LogP contribution in [0.4, 0.5) is 0 Å². The third-order valence-electron chi connectivity index (χ3n) is 3.11. The van der Waals surface area contributed by atoms with Crippen molar-refractivity contribution in [3.63, 3.8) is 0 Å². The predicted octanol–water partition coefficient (Wildman–Crippen LogP) is 0.743. The van der Waals surface area contributed by atoms with Gasteiger partial charge in [0.2, 0.25) is 0 Å². The van der Waals surface area contributed by atoms with Crippen LogP contribution in [0.15, 0.2) is 11.2 Å². The second-order valence-electron chi connectivity index (χ2n) is 4.51. The van der Waals surface area contributed by atoms with Crippen molar-refractivity contribution >= 4 is 16.0 Å². The first-order valence-corrected chi connectivity index (χ1v) is 7.45. The summed E-state index contributed by atoms with van der Waals surface area (Å²) in [5.74, 6) is -0.651. The molecule has 0 amide bonds. The summed E-state index contributed by atoms with van der Waals surface area (Å²) in [7, 11) is -3.95. The lowest BCUT2D eigenvalue weighted by atomic mass is 10.0. The zero-order chi connectivity index (χ0) is 14.8. The Morgan fingerprint density at radius 1 is 1.53 bits per heavy atom. The van der Waals surface area contributed by atoms with Crippen LogP contribution in [0.5, 0.6) is 0 Å². The zero-order valence-corrected chi connectivity index (χ0v) is 12.3. The minimum absolute atomic E-state index is 0.134. The number of rotatable bonds is 6. The fraction of sp³-hybridized carbons (Fsp3) is 0.636. The summed E-state index contributed by atoms with van der Waals surface area (Å²) in [6.07, 6.45) is 1.53. The van der Waals surface area contributed by atoms with E-state index in [4.69, 9.17) is 5.11 Å². The molecule has 0 radical (unpaired) electrons. The SMILES string of the molecule is CCn1cc(S(=O)(=O)NC(C)(CC)C(=O)O)nc1C. The molecule has 0 spiro atoms. The van der Waals surface area contributed by atoms with Crippen molar-refractivity contribution in [1.82, 2.24) is 14.3 Å². The van der Waals surface area contributed by atoms with Gasteiger partial charge in [-0.05, 0) is 27.2 Å². The molecule has 1 heterocycles. The van der Waals surface area contributed by atoms with Crippen molar-refractivity contribution in [2.24, 2.45) is 0 Å². The van der Waals surface area contributed by atoms with Gasteiger partial charge in [0.1, 0.15) is 11.4 Å². The fourth-order valence-corrected chi connectivity index (χ4v) is 2.99. The number of aryl methyl sites for hydroxylation is 2. The Morgan fingerprint density at radius 3 is 2.47 bits per heavy atom. The quantitative estimate of drug-likeness (QED) is 0.804. The zero-order valence-electron chi connectivity index (χ0n) is 11.5. The first kappa shape index (κ1) is 15.6. The van der Waals surface area contributed by atoms with E-state index < -0.39 is 21.5 Å². The largest absolute Gasteiger partial charge is 0.480 e. The third-order valence-corrected chi connectivity index (χ3v) is 4.58. The summed E-state index contributed by atoms with van der Waals surface area (Å²) >= 11 is 0. The molecule has 19 heavy (non-hydrogen) atoms. The summed E-state index contributed by atoms with van der Waals surface area (Å²) < 4.78 is 28.2. The second-order valence-corrected chi connectivity index (χ2v) is 6.14. The predicted molar refractivity (Wildman–Crippen MR) is 69.3 cm³/mol. The Hall–Kier alpha value is -1.41. The van der Waals surface area contributed by atoms with Crippen molar-refractivity contribution in [3.05, 3.63) is 12.0 Å². The number of carbonyl (C=O) groups is 1. The van der Waals surface area contributed by atoms with E-state index in [0.29, 0.717) is 12.4 Å². The molecule has 0 fully saturated rings. The minimum atomic E-state index is -3.95. The number of hydrogen-bond donors (Lipinski definition) is 2. The van der Waals surface area contributed by atoms with Gasteiger partial charge in [-0.15, -0.1) is 0 Å². The summed E-state index contributed by atoms with van der Waals surface area (Å²) in [4.78, 5) is 15.1. The molecule has 8 heteroatoms. The molecule has 1 rings (SSSR count). The van der Waals surface area contributed by atoms with Gasteiger partial charge in [-0.1, -0.05) is 6.92 Å². The number of aromatic nitrogens is 2. The highest BCUT2D eigenvalue weighted by Crippen LogP contribution is 2.16. The molecule has 0 aromatic carbocycles. The lowest BCUT2D eigenvalue weighted by Gasteiger charge is -2.23. The minimum Gasteiger partial charge on any atom is -0.480 e. The Bertz CT molecular complexity index is 579. The van der Waals surface area contributed by atoms with Crippen LogP contribution in [0.1, 0.15) is 33.0 Å². The molecule has 108 valence electrons. The third kappa shape index (κ3) is 3.13. The summed E-state index contributed by atoms with van der Waals surface area (Å²) in [5.41, 5.74) is -1.54. The van der Waals surface area contributed by atoms with Gasteiger partial charge in [-0.3, -0.25) is 4.79 Å². The first-order chi connectivity index (χ1) is 8.66. The van der Waals surface area contributed by atoms with E-state index in [9.17, 15) is 13.2 Å². The molecule has 7 nitrogen and oxygen atoms in total. The van der Waals surface area contributed by atoms with E-state index in [0.717, 1.165) is 0 Å². The first-order valence-electron chi connectivity index (χ1n) is 5.97. The lowest BCUT2D eigenvalue weighted by molar-refractivity contribution is -0.143. The monoisotopic (exact) mass is 289 g/mol. The standard InChI is InChI=1S/C11H19N3O4S/c1-5-11(4,10(15)16)13-19(17,18)9-7-14(6-2)8(3)12-9/h7,13H,5-6H2,1-4H3,(H,15,16). The maximum Gasteiger partial charge on any atom is 0.324 e. The van der Waals surface area contributed by atoms with Crippen molar-refractivity contribution < 1.29 is 18.3 Å². The molecule has 0 saturated carbocycles. The van der Waals surface area contributed by atoms with Crippen LogP contribution in [-0.4, -0.2) is 34.6 Å². The summed E-state index contributed by atoms with van der Waals surface area (Å²) in [6.45, 7) is 7.09. The molecule has 2 N–H and O–H groups in total. The maximum absolute atomic E-state index is 12.1. The second kappa shape index (κ2) is 5.30. The molecule has 0 saturated heterocycles. The van der Waals surface area contributed by atoms with Crippen molar-refractivity contribution in [2.45, 2.75) is 51.2 Å². The normalized spacial score (nSPS) is 15.2. The Kier molecular flexibility index (Phi) is 4.36. The average molecular weight is 289 g/mol. The molecule has 1 unspecified atom stereocenters. The average Bonchev–Trinajstić information content (AvgIpc) is 2.70. The number of aliphatic carboxylic acids is 1. The van der Waals surface area contributed by atoms with Crippen molar-refractivity contribution in [3.8, 4) is 0 Å². The lowest BCUT2D eigenvalue weighted by Crippen LogP contribution is -2.51. The van der Waals surface area contributed by atoms with Crippen LogP contribution in [-0.2, 0) is 21.4 Å². The number of nitrogens with one attached hydrogen (secondary N) is 1. The van der Waals surface area contributed by atoms with Gasteiger partial charge >= 0.3 is 5.97 Å². The molecule has 0 aliphatic carbocycles. The topological polar surface area (TPSA) is 101 Å². The van der Waals surface area contributed by atoms with E-state index in [1.807, 2.05) is 6.92 Å². The molecule has 1 aromatic rings. The number of carboxylic acid groups (broad SMARTS) is 1. The van der Waals surface area contributed by atoms with E-state index in [1.165, 1.54) is 13.1 Å². The highest BCUT2D eigenvalue weighted by molar-refractivity contribution is 7.89. The van der Waals surface area contributed by atoms with Gasteiger partial charge in [-0.2, -0.15) is 4.72 Å².